The fraction of sp³-hybridized carbons (Fsp3) is 0.250. The van der Waals surface area contributed by atoms with Crippen LogP contribution in [0.4, 0.5) is 10.5 Å². The van der Waals surface area contributed by atoms with Gasteiger partial charge in [0.1, 0.15) is 6.54 Å². The summed E-state index contributed by atoms with van der Waals surface area (Å²) in [5.41, 5.74) is 1.73. The highest BCUT2D eigenvalue weighted by Gasteiger charge is 2.19. The van der Waals surface area contributed by atoms with Gasteiger partial charge in [-0.25, -0.2) is 4.79 Å². The van der Waals surface area contributed by atoms with E-state index in [0.29, 0.717) is 11.3 Å². The largest absolute Gasteiger partial charge is 0.480 e. The number of carboxylic acids is 1. The molecule has 2 aromatic rings. The van der Waals surface area contributed by atoms with E-state index < -0.39 is 12.5 Å². The number of carbonyl (C=O) groups excluding carboxylic acids is 2. The lowest BCUT2D eigenvalue weighted by Crippen LogP contribution is -2.35. The number of carbonyl (C=O) groups is 3. The maximum atomic E-state index is 12.7. The number of amides is 3. The molecule has 0 fully saturated rings. The van der Waals surface area contributed by atoms with Crippen LogP contribution in [-0.4, -0.2) is 40.5 Å². The van der Waals surface area contributed by atoms with Gasteiger partial charge in [0.2, 0.25) is 0 Å². The number of hydrogen-bond donors (Lipinski definition) is 3. The summed E-state index contributed by atoms with van der Waals surface area (Å²) in [6.45, 7) is 3.50. The lowest BCUT2D eigenvalue weighted by molar-refractivity contribution is -0.137. The molecule has 0 radical (unpaired) electrons. The van der Waals surface area contributed by atoms with E-state index in [4.69, 9.17) is 5.11 Å². The third-order valence-corrected chi connectivity index (χ3v) is 3.64. The molecule has 0 aliphatic heterocycles. The van der Waals surface area contributed by atoms with E-state index in [9.17, 15) is 14.4 Å². The Morgan fingerprint density at radius 1 is 1.00 bits per heavy atom. The van der Waals surface area contributed by atoms with Crippen LogP contribution >= 0.6 is 0 Å². The van der Waals surface area contributed by atoms with Gasteiger partial charge in [-0.1, -0.05) is 30.3 Å². The summed E-state index contributed by atoms with van der Waals surface area (Å²) in [7, 11) is 0. The quantitative estimate of drug-likeness (QED) is 0.699. The Bertz CT molecular complexity index is 789. The molecule has 0 spiro atoms. The minimum Gasteiger partial charge on any atom is -0.480 e. The molecule has 3 amide bonds. The second-order valence-electron chi connectivity index (χ2n) is 6.37. The lowest BCUT2D eigenvalue weighted by Gasteiger charge is -2.21. The number of rotatable bonds is 7. The first-order valence-electron chi connectivity index (χ1n) is 8.57. The number of hydrogen-bond acceptors (Lipinski definition) is 3. The highest BCUT2D eigenvalue weighted by molar-refractivity contribution is 5.97. The molecule has 0 aliphatic rings. The van der Waals surface area contributed by atoms with Crippen molar-refractivity contribution in [1.29, 1.82) is 0 Å². The van der Waals surface area contributed by atoms with Crippen LogP contribution in [0.25, 0.3) is 0 Å². The summed E-state index contributed by atoms with van der Waals surface area (Å²) in [4.78, 5) is 36.9. The topological polar surface area (TPSA) is 98.7 Å². The van der Waals surface area contributed by atoms with Crippen molar-refractivity contribution < 1.29 is 19.5 Å². The van der Waals surface area contributed by atoms with E-state index in [0.717, 1.165) is 5.56 Å². The Kier molecular flexibility index (Phi) is 6.93. The SMILES string of the molecule is CC(C)NC(=O)Nc1ccc(C(=O)N(CC(=O)O)Cc2ccccc2)cc1. The fourth-order valence-electron chi connectivity index (χ4n) is 2.47. The average molecular weight is 369 g/mol. The standard InChI is InChI=1S/C20H23N3O4/c1-14(2)21-20(27)22-17-10-8-16(9-11-17)19(26)23(13-18(24)25)12-15-6-4-3-5-7-15/h3-11,14H,12-13H2,1-2H3,(H,24,25)(H2,21,22,27). The fourth-order valence-corrected chi connectivity index (χ4v) is 2.47. The molecule has 0 aromatic heterocycles. The molecular weight excluding hydrogens is 346 g/mol. The van der Waals surface area contributed by atoms with Gasteiger partial charge in [0, 0.05) is 23.8 Å². The first-order valence-corrected chi connectivity index (χ1v) is 8.57. The number of benzene rings is 2. The number of aliphatic carboxylic acids is 1. The van der Waals surface area contributed by atoms with Gasteiger partial charge < -0.3 is 20.6 Å². The zero-order chi connectivity index (χ0) is 19.8. The zero-order valence-electron chi connectivity index (χ0n) is 15.3. The molecule has 0 saturated carbocycles. The second kappa shape index (κ2) is 9.38. The normalized spacial score (nSPS) is 10.3. The summed E-state index contributed by atoms with van der Waals surface area (Å²) in [5, 5.41) is 14.5. The first kappa shape index (κ1) is 20.0. The van der Waals surface area contributed by atoms with Gasteiger partial charge in [-0.3, -0.25) is 9.59 Å². The molecule has 3 N–H and O–H groups in total. The van der Waals surface area contributed by atoms with Crippen LogP contribution in [0.1, 0.15) is 29.8 Å². The van der Waals surface area contributed by atoms with Gasteiger partial charge in [-0.2, -0.15) is 0 Å². The highest BCUT2D eigenvalue weighted by atomic mass is 16.4. The second-order valence-corrected chi connectivity index (χ2v) is 6.37. The van der Waals surface area contributed by atoms with Crippen LogP contribution in [0.5, 0.6) is 0 Å². The molecule has 0 aliphatic carbocycles. The summed E-state index contributed by atoms with van der Waals surface area (Å²) < 4.78 is 0. The summed E-state index contributed by atoms with van der Waals surface area (Å²) in [6.07, 6.45) is 0. The number of nitrogens with zero attached hydrogens (tertiary/aromatic N) is 1. The first-order chi connectivity index (χ1) is 12.8. The van der Waals surface area contributed by atoms with Gasteiger partial charge in [0.05, 0.1) is 0 Å². The van der Waals surface area contributed by atoms with Crippen molar-refractivity contribution in [2.75, 3.05) is 11.9 Å². The van der Waals surface area contributed by atoms with E-state index in [1.54, 1.807) is 24.3 Å². The minimum atomic E-state index is -1.08. The van der Waals surface area contributed by atoms with Crippen LogP contribution in [-0.2, 0) is 11.3 Å². The maximum Gasteiger partial charge on any atom is 0.323 e. The molecule has 7 heteroatoms. The van der Waals surface area contributed by atoms with Gasteiger partial charge >= 0.3 is 12.0 Å². The van der Waals surface area contributed by atoms with Crippen LogP contribution in [0.3, 0.4) is 0 Å². The maximum absolute atomic E-state index is 12.7. The molecule has 2 aromatic carbocycles. The summed E-state index contributed by atoms with van der Waals surface area (Å²) >= 11 is 0. The monoisotopic (exact) mass is 369 g/mol. The lowest BCUT2D eigenvalue weighted by atomic mass is 10.1. The Morgan fingerprint density at radius 2 is 1.63 bits per heavy atom. The average Bonchev–Trinajstić information content (AvgIpc) is 2.61. The molecule has 0 bridgehead atoms. The van der Waals surface area contributed by atoms with E-state index in [1.165, 1.54) is 4.90 Å². The Hall–Kier alpha value is -3.35. The summed E-state index contributed by atoms with van der Waals surface area (Å²) in [6, 6.07) is 15.2. The molecule has 0 saturated heterocycles. The van der Waals surface area contributed by atoms with Gasteiger partial charge in [0.25, 0.3) is 5.91 Å². The van der Waals surface area contributed by atoms with E-state index >= 15 is 0 Å². The summed E-state index contributed by atoms with van der Waals surface area (Å²) in [5.74, 6) is -1.47. The van der Waals surface area contributed by atoms with Crippen molar-refractivity contribution in [2.45, 2.75) is 26.4 Å². The van der Waals surface area contributed by atoms with Crippen molar-refractivity contribution in [3.8, 4) is 0 Å². The van der Waals surface area contributed by atoms with Crippen LogP contribution in [0.15, 0.2) is 54.6 Å². The number of carboxylic acid groups (broad SMARTS) is 1. The van der Waals surface area contributed by atoms with E-state index in [2.05, 4.69) is 10.6 Å². The van der Waals surface area contributed by atoms with Gasteiger partial charge in [-0.05, 0) is 43.7 Å². The molecule has 0 unspecified atom stereocenters. The van der Waals surface area contributed by atoms with Crippen LogP contribution in [0, 0.1) is 0 Å². The van der Waals surface area contributed by atoms with Crippen molar-refractivity contribution in [2.24, 2.45) is 0 Å². The van der Waals surface area contributed by atoms with Crippen molar-refractivity contribution >= 4 is 23.6 Å². The molecule has 0 atom stereocenters. The predicted octanol–water partition coefficient (Wildman–Crippen LogP) is 2.94. The molecular formula is C20H23N3O4. The van der Waals surface area contributed by atoms with Crippen molar-refractivity contribution in [1.82, 2.24) is 10.2 Å². The Labute approximate surface area is 158 Å². The van der Waals surface area contributed by atoms with E-state index in [-0.39, 0.29) is 24.5 Å². The third kappa shape index (κ3) is 6.47. The predicted molar refractivity (Wildman–Crippen MR) is 103 cm³/mol. The van der Waals surface area contributed by atoms with Gasteiger partial charge in [0.15, 0.2) is 0 Å². The van der Waals surface area contributed by atoms with Crippen LogP contribution < -0.4 is 10.6 Å². The minimum absolute atomic E-state index is 0.00779. The number of anilines is 1. The van der Waals surface area contributed by atoms with E-state index in [1.807, 2.05) is 44.2 Å². The molecule has 7 nitrogen and oxygen atoms in total. The van der Waals surface area contributed by atoms with Crippen molar-refractivity contribution in [3.05, 3.63) is 65.7 Å². The number of nitrogens with one attached hydrogen (secondary N) is 2. The highest BCUT2D eigenvalue weighted by Crippen LogP contribution is 2.14. The zero-order valence-corrected chi connectivity index (χ0v) is 15.3. The Balaban J connectivity index is 2.10. The Morgan fingerprint density at radius 3 is 2.19 bits per heavy atom. The molecule has 27 heavy (non-hydrogen) atoms. The molecule has 142 valence electrons. The van der Waals surface area contributed by atoms with Gasteiger partial charge in [-0.15, -0.1) is 0 Å². The smallest absolute Gasteiger partial charge is 0.323 e. The van der Waals surface area contributed by atoms with Crippen LogP contribution in [0.2, 0.25) is 0 Å². The molecule has 2 rings (SSSR count). The molecule has 0 heterocycles. The van der Waals surface area contributed by atoms with Crippen molar-refractivity contribution in [3.63, 3.8) is 0 Å². The number of urea groups is 1. The third-order valence-electron chi connectivity index (χ3n) is 3.64.